The molecule has 1 amide bonds. The molecule has 1 aliphatic heterocycles. The van der Waals surface area contributed by atoms with Crippen LogP contribution in [0.1, 0.15) is 0 Å². The lowest BCUT2D eigenvalue weighted by Crippen LogP contribution is -2.43. The number of rotatable bonds is 6. The molecule has 1 aliphatic rings. The molecule has 0 spiro atoms. The number of hydrogen-bond acceptors (Lipinski definition) is 4. The topological polar surface area (TPSA) is 50.8 Å². The number of carbonyl (C=O) groups is 1. The average Bonchev–Trinajstić information content (AvgIpc) is 2.52. The number of ether oxygens (including phenoxy) is 2. The van der Waals surface area contributed by atoms with Crippen molar-refractivity contribution in [3.63, 3.8) is 0 Å². The van der Waals surface area contributed by atoms with Gasteiger partial charge in [0, 0.05) is 13.1 Å². The molecule has 21 heavy (non-hydrogen) atoms. The molecule has 7 heteroatoms. The van der Waals surface area contributed by atoms with E-state index in [9.17, 15) is 13.6 Å². The molecule has 0 aromatic heterocycles. The molecule has 2 rings (SSSR count). The third kappa shape index (κ3) is 4.86. The molecular formula is C14H18F2N2O3. The first-order valence-corrected chi connectivity index (χ1v) is 6.76. The number of benzene rings is 1. The van der Waals surface area contributed by atoms with E-state index in [1.165, 1.54) is 0 Å². The summed E-state index contributed by atoms with van der Waals surface area (Å²) in [6.45, 7) is 1.65. The SMILES string of the molecule is O=C(CNc1ccccc1OCC(F)F)N1CCOCC1. The Kier molecular flexibility index (Phi) is 5.74. The lowest BCUT2D eigenvalue weighted by molar-refractivity contribution is -0.133. The molecule has 0 unspecified atom stereocenters. The molecule has 0 radical (unpaired) electrons. The van der Waals surface area contributed by atoms with Crippen LogP contribution in [0.4, 0.5) is 14.5 Å². The quantitative estimate of drug-likeness (QED) is 0.867. The Balaban J connectivity index is 1.88. The van der Waals surface area contributed by atoms with Crippen LogP contribution in [0.5, 0.6) is 5.75 Å². The summed E-state index contributed by atoms with van der Waals surface area (Å²) >= 11 is 0. The van der Waals surface area contributed by atoms with Crippen molar-refractivity contribution >= 4 is 11.6 Å². The molecular weight excluding hydrogens is 282 g/mol. The van der Waals surface area contributed by atoms with E-state index in [-0.39, 0.29) is 12.5 Å². The third-order valence-electron chi connectivity index (χ3n) is 3.05. The molecule has 0 atom stereocenters. The van der Waals surface area contributed by atoms with Gasteiger partial charge in [-0.2, -0.15) is 0 Å². The van der Waals surface area contributed by atoms with Gasteiger partial charge in [0.2, 0.25) is 5.91 Å². The van der Waals surface area contributed by atoms with Crippen molar-refractivity contribution in [2.45, 2.75) is 6.43 Å². The largest absolute Gasteiger partial charge is 0.485 e. The highest BCUT2D eigenvalue weighted by atomic mass is 19.3. The summed E-state index contributed by atoms with van der Waals surface area (Å²) < 4.78 is 34.6. The van der Waals surface area contributed by atoms with Crippen molar-refractivity contribution in [1.29, 1.82) is 0 Å². The van der Waals surface area contributed by atoms with E-state index >= 15 is 0 Å². The summed E-state index contributed by atoms with van der Waals surface area (Å²) in [5.74, 6) is 0.259. The number of anilines is 1. The van der Waals surface area contributed by atoms with Gasteiger partial charge in [0.15, 0.2) is 0 Å². The van der Waals surface area contributed by atoms with E-state index in [4.69, 9.17) is 9.47 Å². The predicted octanol–water partition coefficient (Wildman–Crippen LogP) is 1.60. The van der Waals surface area contributed by atoms with Gasteiger partial charge in [0.25, 0.3) is 6.43 Å². The van der Waals surface area contributed by atoms with Gasteiger partial charge in [-0.15, -0.1) is 0 Å². The zero-order chi connectivity index (χ0) is 15.1. The first-order chi connectivity index (χ1) is 10.2. The number of alkyl halides is 2. The second kappa shape index (κ2) is 7.78. The smallest absolute Gasteiger partial charge is 0.272 e. The molecule has 0 saturated carbocycles. The molecule has 116 valence electrons. The van der Waals surface area contributed by atoms with Crippen LogP contribution < -0.4 is 10.1 Å². The van der Waals surface area contributed by atoms with Crippen molar-refractivity contribution in [3.05, 3.63) is 24.3 Å². The summed E-state index contributed by atoms with van der Waals surface area (Å²) in [6, 6.07) is 6.71. The van der Waals surface area contributed by atoms with Gasteiger partial charge in [-0.05, 0) is 12.1 Å². The molecule has 1 aromatic carbocycles. The third-order valence-corrected chi connectivity index (χ3v) is 3.05. The van der Waals surface area contributed by atoms with Crippen LogP contribution in [-0.2, 0) is 9.53 Å². The fraction of sp³-hybridized carbons (Fsp3) is 0.500. The number of para-hydroxylation sites is 2. The second-order valence-corrected chi connectivity index (χ2v) is 4.54. The van der Waals surface area contributed by atoms with E-state index in [0.717, 1.165) is 0 Å². The lowest BCUT2D eigenvalue weighted by atomic mass is 10.3. The highest BCUT2D eigenvalue weighted by Gasteiger charge is 2.17. The first-order valence-electron chi connectivity index (χ1n) is 6.76. The number of carbonyl (C=O) groups excluding carboxylic acids is 1. The van der Waals surface area contributed by atoms with Crippen molar-refractivity contribution in [2.75, 3.05) is 44.8 Å². The van der Waals surface area contributed by atoms with Crippen LogP contribution in [-0.4, -0.2) is 56.7 Å². The van der Waals surface area contributed by atoms with Crippen LogP contribution >= 0.6 is 0 Å². The Labute approximate surface area is 121 Å². The molecule has 1 fully saturated rings. The fourth-order valence-corrected chi connectivity index (χ4v) is 1.99. The normalized spacial score (nSPS) is 15.1. The highest BCUT2D eigenvalue weighted by molar-refractivity contribution is 5.81. The summed E-state index contributed by atoms with van der Waals surface area (Å²) in [5.41, 5.74) is 0.528. The Morgan fingerprint density at radius 3 is 2.76 bits per heavy atom. The average molecular weight is 300 g/mol. The summed E-state index contributed by atoms with van der Waals surface area (Å²) in [7, 11) is 0. The Morgan fingerprint density at radius 2 is 2.05 bits per heavy atom. The Hall–Kier alpha value is -1.89. The van der Waals surface area contributed by atoms with Gasteiger partial charge in [-0.25, -0.2) is 8.78 Å². The van der Waals surface area contributed by atoms with Gasteiger partial charge < -0.3 is 19.7 Å². The van der Waals surface area contributed by atoms with Crippen LogP contribution in [0.3, 0.4) is 0 Å². The molecule has 1 saturated heterocycles. The van der Waals surface area contributed by atoms with Gasteiger partial charge >= 0.3 is 0 Å². The zero-order valence-electron chi connectivity index (χ0n) is 11.6. The minimum absolute atomic E-state index is 0.0537. The maximum absolute atomic E-state index is 12.2. The van der Waals surface area contributed by atoms with Crippen molar-refractivity contribution in [2.24, 2.45) is 0 Å². The predicted molar refractivity (Wildman–Crippen MR) is 73.8 cm³/mol. The number of nitrogens with one attached hydrogen (secondary N) is 1. The highest BCUT2D eigenvalue weighted by Crippen LogP contribution is 2.24. The molecule has 1 N–H and O–H groups in total. The minimum Gasteiger partial charge on any atom is -0.485 e. The summed E-state index contributed by atoms with van der Waals surface area (Å²) in [5, 5.41) is 2.93. The number of morpholine rings is 1. The number of halogens is 2. The number of nitrogens with zero attached hydrogens (tertiary/aromatic N) is 1. The van der Waals surface area contributed by atoms with Crippen molar-refractivity contribution in [1.82, 2.24) is 4.90 Å². The Morgan fingerprint density at radius 1 is 1.33 bits per heavy atom. The van der Waals surface area contributed by atoms with Gasteiger partial charge in [0.1, 0.15) is 12.4 Å². The van der Waals surface area contributed by atoms with E-state index in [1.54, 1.807) is 29.2 Å². The van der Waals surface area contributed by atoms with E-state index < -0.39 is 13.0 Å². The van der Waals surface area contributed by atoms with Crippen LogP contribution in [0.15, 0.2) is 24.3 Å². The number of amides is 1. The van der Waals surface area contributed by atoms with Gasteiger partial charge in [0.05, 0.1) is 25.4 Å². The zero-order valence-corrected chi connectivity index (χ0v) is 11.6. The van der Waals surface area contributed by atoms with E-state index in [0.29, 0.717) is 37.7 Å². The first kappa shape index (κ1) is 15.5. The van der Waals surface area contributed by atoms with E-state index in [2.05, 4.69) is 5.32 Å². The molecule has 0 bridgehead atoms. The summed E-state index contributed by atoms with van der Waals surface area (Å²) in [4.78, 5) is 13.7. The van der Waals surface area contributed by atoms with Crippen LogP contribution in [0, 0.1) is 0 Å². The summed E-state index contributed by atoms with van der Waals surface area (Å²) in [6.07, 6.45) is -2.53. The van der Waals surface area contributed by atoms with Crippen LogP contribution in [0.25, 0.3) is 0 Å². The Bertz CT molecular complexity index is 465. The molecule has 5 nitrogen and oxygen atoms in total. The monoisotopic (exact) mass is 300 g/mol. The number of hydrogen-bond donors (Lipinski definition) is 1. The standard InChI is InChI=1S/C14H18F2N2O3/c15-13(16)10-21-12-4-2-1-3-11(12)17-9-14(19)18-5-7-20-8-6-18/h1-4,13,17H,5-10H2. The fourth-order valence-electron chi connectivity index (χ4n) is 1.99. The van der Waals surface area contributed by atoms with Crippen molar-refractivity contribution in [3.8, 4) is 5.75 Å². The van der Waals surface area contributed by atoms with Crippen LogP contribution in [0.2, 0.25) is 0 Å². The second-order valence-electron chi connectivity index (χ2n) is 4.54. The molecule has 1 aromatic rings. The lowest BCUT2D eigenvalue weighted by Gasteiger charge is -2.27. The van der Waals surface area contributed by atoms with Crippen molar-refractivity contribution < 1.29 is 23.0 Å². The maximum Gasteiger partial charge on any atom is 0.272 e. The van der Waals surface area contributed by atoms with Gasteiger partial charge in [-0.3, -0.25) is 4.79 Å². The maximum atomic E-state index is 12.2. The molecule has 1 heterocycles. The van der Waals surface area contributed by atoms with Gasteiger partial charge in [-0.1, -0.05) is 12.1 Å². The van der Waals surface area contributed by atoms with E-state index in [1.807, 2.05) is 0 Å². The molecule has 0 aliphatic carbocycles. The minimum atomic E-state index is -2.53.